The van der Waals surface area contributed by atoms with Crippen molar-refractivity contribution in [3.63, 3.8) is 0 Å². The molecule has 4 aliphatic rings. The lowest BCUT2D eigenvalue weighted by molar-refractivity contribution is -0.114. The summed E-state index contributed by atoms with van der Waals surface area (Å²) < 4.78 is 28.5. The second kappa shape index (κ2) is 5.89. The molecule has 2 spiro atoms. The number of carbonyl (C=O) groups is 1. The maximum absolute atomic E-state index is 14.3. The number of halogens is 2. The van der Waals surface area contributed by atoms with E-state index in [2.05, 4.69) is 25.6 Å². The van der Waals surface area contributed by atoms with Gasteiger partial charge in [-0.15, -0.1) is 0 Å². The van der Waals surface area contributed by atoms with Crippen molar-refractivity contribution >= 4 is 29.0 Å². The van der Waals surface area contributed by atoms with Crippen LogP contribution >= 0.6 is 0 Å². The van der Waals surface area contributed by atoms with Gasteiger partial charge in [0.1, 0.15) is 17.5 Å². The fourth-order valence-electron chi connectivity index (χ4n) is 4.87. The highest BCUT2D eigenvalue weighted by atomic mass is 19.3. The van der Waals surface area contributed by atoms with Crippen LogP contribution in [-0.2, 0) is 16.1 Å². The first-order chi connectivity index (χ1) is 14.7. The first-order valence-electron chi connectivity index (χ1n) is 10.8. The minimum absolute atomic E-state index is 0.0148. The van der Waals surface area contributed by atoms with Crippen LogP contribution in [0.4, 0.5) is 31.9 Å². The molecule has 1 amide bonds. The van der Waals surface area contributed by atoms with Crippen LogP contribution in [0.5, 0.6) is 0 Å². The summed E-state index contributed by atoms with van der Waals surface area (Å²) in [5.74, 6) is -2.50. The van der Waals surface area contributed by atoms with Crippen LogP contribution in [0.3, 0.4) is 0 Å². The van der Waals surface area contributed by atoms with Crippen molar-refractivity contribution in [3.05, 3.63) is 29.7 Å². The molecule has 3 saturated carbocycles. The van der Waals surface area contributed by atoms with E-state index in [0.29, 0.717) is 35.5 Å². The largest absolute Gasteiger partial charge is 0.367 e. The number of rotatable bonds is 5. The number of amides is 1. The number of pyridine rings is 1. The standard InChI is InChI=1S/C22H24F2N6O/c1-12(31)26-16-7-14-13(10-25-16)22(5-6-22)11-30(14)18-8-17(27-15-9-21(15)3-4-21)28-19(29-18)20(2,23)24/h7-8,10,15H,3-6,9,11H2,1-2H3,(H,25,26,31)(H,27,28,29). The summed E-state index contributed by atoms with van der Waals surface area (Å²) in [6, 6.07) is 3.89. The molecule has 31 heavy (non-hydrogen) atoms. The van der Waals surface area contributed by atoms with Crippen LogP contribution < -0.4 is 15.5 Å². The molecule has 0 aromatic carbocycles. The third-order valence-electron chi connectivity index (χ3n) is 7.15. The van der Waals surface area contributed by atoms with Crippen LogP contribution in [0, 0.1) is 5.41 Å². The van der Waals surface area contributed by atoms with Gasteiger partial charge in [0.2, 0.25) is 11.7 Å². The molecule has 0 bridgehead atoms. The molecular weight excluding hydrogens is 402 g/mol. The second-order valence-electron chi connectivity index (χ2n) is 9.72. The Morgan fingerprint density at radius 2 is 1.97 bits per heavy atom. The van der Waals surface area contributed by atoms with Crippen molar-refractivity contribution in [1.82, 2.24) is 15.0 Å². The minimum atomic E-state index is -3.15. The Kier molecular flexibility index (Phi) is 3.59. The molecule has 0 radical (unpaired) electrons. The first-order valence-corrected chi connectivity index (χ1v) is 10.8. The van der Waals surface area contributed by atoms with Gasteiger partial charge >= 0.3 is 5.92 Å². The van der Waals surface area contributed by atoms with E-state index < -0.39 is 11.7 Å². The Bertz CT molecular complexity index is 1110. The maximum atomic E-state index is 14.3. The summed E-state index contributed by atoms with van der Waals surface area (Å²) in [5, 5.41) is 6.07. The highest BCUT2D eigenvalue weighted by molar-refractivity contribution is 5.89. The Labute approximate surface area is 178 Å². The molecule has 1 aliphatic heterocycles. The van der Waals surface area contributed by atoms with E-state index in [4.69, 9.17) is 0 Å². The second-order valence-corrected chi connectivity index (χ2v) is 9.72. The van der Waals surface area contributed by atoms with Gasteiger partial charge in [-0.25, -0.2) is 15.0 Å². The average Bonchev–Trinajstić information content (AvgIpc) is 3.61. The van der Waals surface area contributed by atoms with Crippen molar-refractivity contribution in [2.45, 2.75) is 63.3 Å². The lowest BCUT2D eigenvalue weighted by atomic mass is 10.0. The summed E-state index contributed by atoms with van der Waals surface area (Å²) in [7, 11) is 0. The van der Waals surface area contributed by atoms with E-state index in [-0.39, 0.29) is 11.3 Å². The van der Waals surface area contributed by atoms with Crippen LogP contribution in [0.25, 0.3) is 0 Å². The predicted octanol–water partition coefficient (Wildman–Crippen LogP) is 4.09. The predicted molar refractivity (Wildman–Crippen MR) is 112 cm³/mol. The Morgan fingerprint density at radius 3 is 2.58 bits per heavy atom. The number of hydrogen-bond donors (Lipinski definition) is 2. The van der Waals surface area contributed by atoms with E-state index in [9.17, 15) is 13.6 Å². The summed E-state index contributed by atoms with van der Waals surface area (Å²) in [5.41, 5.74) is 2.30. The minimum Gasteiger partial charge on any atom is -0.367 e. The van der Waals surface area contributed by atoms with E-state index in [1.54, 1.807) is 12.3 Å². The number of carbonyl (C=O) groups excluding carboxylic acids is 1. The SMILES string of the molecule is CC(=O)Nc1cc2c(cn1)C1(CC1)CN2c1cc(NC2CC23CC3)nc(C(C)(F)F)n1. The molecular formula is C22H24F2N6O. The molecule has 2 aromatic rings. The molecule has 9 heteroatoms. The molecule has 3 aliphatic carbocycles. The van der Waals surface area contributed by atoms with E-state index >= 15 is 0 Å². The molecule has 2 aromatic heterocycles. The van der Waals surface area contributed by atoms with E-state index in [1.807, 2.05) is 11.0 Å². The average molecular weight is 426 g/mol. The van der Waals surface area contributed by atoms with E-state index in [0.717, 1.165) is 37.4 Å². The Balaban J connectivity index is 1.40. The smallest absolute Gasteiger partial charge is 0.303 e. The quantitative estimate of drug-likeness (QED) is 0.749. The van der Waals surface area contributed by atoms with Crippen molar-refractivity contribution in [2.24, 2.45) is 5.41 Å². The highest BCUT2D eigenvalue weighted by Crippen LogP contribution is 2.66. The van der Waals surface area contributed by atoms with Gasteiger partial charge in [0.25, 0.3) is 0 Å². The number of fused-ring (bicyclic) bond motifs is 2. The van der Waals surface area contributed by atoms with Crippen molar-refractivity contribution < 1.29 is 13.6 Å². The molecule has 6 rings (SSSR count). The summed E-state index contributed by atoms with van der Waals surface area (Å²) in [6.45, 7) is 2.91. The maximum Gasteiger partial charge on any atom is 0.303 e. The molecule has 162 valence electrons. The number of aromatic nitrogens is 3. The van der Waals surface area contributed by atoms with Gasteiger partial charge in [-0.1, -0.05) is 0 Å². The molecule has 0 saturated heterocycles. The summed E-state index contributed by atoms with van der Waals surface area (Å²) >= 11 is 0. The van der Waals surface area contributed by atoms with Crippen molar-refractivity contribution in [3.8, 4) is 0 Å². The van der Waals surface area contributed by atoms with Crippen molar-refractivity contribution in [1.29, 1.82) is 0 Å². The van der Waals surface area contributed by atoms with Gasteiger partial charge in [-0.2, -0.15) is 8.78 Å². The Hall–Kier alpha value is -2.84. The topological polar surface area (TPSA) is 83.0 Å². The zero-order valence-corrected chi connectivity index (χ0v) is 17.5. The lowest BCUT2D eigenvalue weighted by Gasteiger charge is -2.22. The highest BCUT2D eigenvalue weighted by Gasteiger charge is 2.63. The fourth-order valence-corrected chi connectivity index (χ4v) is 4.87. The van der Waals surface area contributed by atoms with Crippen LogP contribution in [-0.4, -0.2) is 33.4 Å². The zero-order valence-electron chi connectivity index (χ0n) is 17.5. The van der Waals surface area contributed by atoms with Crippen molar-refractivity contribution in [2.75, 3.05) is 22.1 Å². The molecule has 1 unspecified atom stereocenters. The normalized spacial score (nSPS) is 23.6. The molecule has 2 N–H and O–H groups in total. The van der Waals surface area contributed by atoms with Crippen LogP contribution in [0.2, 0.25) is 0 Å². The van der Waals surface area contributed by atoms with Gasteiger partial charge in [-0.3, -0.25) is 4.79 Å². The third kappa shape index (κ3) is 3.13. The van der Waals surface area contributed by atoms with Crippen LogP contribution in [0.15, 0.2) is 18.3 Å². The third-order valence-corrected chi connectivity index (χ3v) is 7.15. The number of nitrogens with zero attached hydrogens (tertiary/aromatic N) is 4. The molecule has 1 atom stereocenters. The number of anilines is 4. The summed E-state index contributed by atoms with van der Waals surface area (Å²) in [6.07, 6.45) is 7.31. The number of alkyl halides is 2. The lowest BCUT2D eigenvalue weighted by Crippen LogP contribution is -2.23. The molecule has 3 fully saturated rings. The zero-order chi connectivity index (χ0) is 21.6. The van der Waals surface area contributed by atoms with Gasteiger partial charge in [0.05, 0.1) is 5.69 Å². The van der Waals surface area contributed by atoms with Gasteiger partial charge in [-0.05, 0) is 37.5 Å². The van der Waals surface area contributed by atoms with Gasteiger partial charge < -0.3 is 15.5 Å². The molecule has 7 nitrogen and oxygen atoms in total. The molecule has 3 heterocycles. The first kappa shape index (κ1) is 18.9. The van der Waals surface area contributed by atoms with Gasteiger partial charge in [0.15, 0.2) is 0 Å². The monoisotopic (exact) mass is 426 g/mol. The van der Waals surface area contributed by atoms with Crippen LogP contribution in [0.1, 0.15) is 57.3 Å². The van der Waals surface area contributed by atoms with E-state index in [1.165, 1.54) is 19.8 Å². The number of hydrogen-bond acceptors (Lipinski definition) is 6. The Morgan fingerprint density at radius 1 is 1.19 bits per heavy atom. The fraction of sp³-hybridized carbons (Fsp3) is 0.545. The number of nitrogens with one attached hydrogen (secondary N) is 2. The summed E-state index contributed by atoms with van der Waals surface area (Å²) in [4.78, 5) is 26.3. The van der Waals surface area contributed by atoms with Gasteiger partial charge in [0, 0.05) is 55.7 Å².